The van der Waals surface area contributed by atoms with Gasteiger partial charge in [-0.05, 0) is 60.9 Å². The highest BCUT2D eigenvalue weighted by Crippen LogP contribution is 2.44. The topological polar surface area (TPSA) is 42.0 Å². The van der Waals surface area contributed by atoms with Crippen molar-refractivity contribution in [3.8, 4) is 16.9 Å². The number of fused-ring (bicyclic) bond motifs is 3. The molecular formula is C28H31F6N3O2S. The van der Waals surface area contributed by atoms with Crippen molar-refractivity contribution in [3.63, 3.8) is 0 Å². The normalized spacial score (nSPS) is 24.2. The molecule has 0 amide bonds. The van der Waals surface area contributed by atoms with Crippen LogP contribution in [0.15, 0.2) is 48.6 Å². The van der Waals surface area contributed by atoms with E-state index in [1.54, 1.807) is 22.5 Å². The van der Waals surface area contributed by atoms with E-state index >= 15 is 0 Å². The summed E-state index contributed by atoms with van der Waals surface area (Å²) in [5.74, 6) is -2.65. The van der Waals surface area contributed by atoms with Crippen LogP contribution in [0.3, 0.4) is 0 Å². The first-order valence-electron chi connectivity index (χ1n) is 13.3. The molecule has 3 aliphatic rings. The molecule has 2 aliphatic heterocycles. The molecule has 4 atom stereocenters. The highest BCUT2D eigenvalue weighted by molar-refractivity contribution is 7.93. The molecule has 1 saturated heterocycles. The number of hydrogen-bond acceptors (Lipinski definition) is 5. The molecule has 1 fully saturated rings. The molecule has 12 heteroatoms. The Morgan fingerprint density at radius 3 is 2.58 bits per heavy atom. The van der Waals surface area contributed by atoms with Crippen LogP contribution in [0.25, 0.3) is 11.1 Å². The lowest BCUT2D eigenvalue weighted by molar-refractivity contribution is -0.175. The predicted octanol–water partition coefficient (Wildman–Crippen LogP) is 6.38. The van der Waals surface area contributed by atoms with Crippen molar-refractivity contribution in [2.75, 3.05) is 41.9 Å². The monoisotopic (exact) mass is 587 g/mol. The standard InChI is InChI=1S/C28H31F6N3O2S/c1-2-8-35-9-10-36-22(16-35)17-37(40(38)24-5-3-4-20(14-24)28(32,33)34)26-13-18(6-7-25(26)36)19-11-21(29)15-23(12-19)39-27(30)31/h3,5-7,11-13,15,20,22,24,27H,2,4,8-10,14,16-17H2,1H3. The molecule has 40 heavy (non-hydrogen) atoms. The zero-order valence-corrected chi connectivity index (χ0v) is 22.7. The second kappa shape index (κ2) is 11.7. The smallest absolute Gasteiger partial charge is 0.392 e. The van der Waals surface area contributed by atoms with Crippen LogP contribution in [0.2, 0.25) is 0 Å². The van der Waals surface area contributed by atoms with Gasteiger partial charge in [0.1, 0.15) is 17.3 Å². The molecular weight excluding hydrogens is 556 g/mol. The van der Waals surface area contributed by atoms with Gasteiger partial charge in [0, 0.05) is 32.1 Å². The zero-order chi connectivity index (χ0) is 28.6. The van der Waals surface area contributed by atoms with E-state index in [2.05, 4.69) is 21.5 Å². The molecule has 5 rings (SSSR count). The number of hydrogen-bond donors (Lipinski definition) is 0. The van der Waals surface area contributed by atoms with Crippen molar-refractivity contribution in [1.29, 1.82) is 0 Å². The quantitative estimate of drug-likeness (QED) is 0.214. The molecule has 2 aromatic rings. The van der Waals surface area contributed by atoms with E-state index in [9.17, 15) is 30.9 Å². The Balaban J connectivity index is 1.52. The first kappa shape index (κ1) is 28.9. The van der Waals surface area contributed by atoms with Crippen molar-refractivity contribution in [2.24, 2.45) is 5.92 Å². The van der Waals surface area contributed by atoms with Gasteiger partial charge < -0.3 is 14.2 Å². The number of rotatable bonds is 7. The van der Waals surface area contributed by atoms with Crippen LogP contribution in [-0.2, 0) is 11.4 Å². The molecule has 0 N–H and O–H groups in total. The maximum atomic E-state index is 14.3. The molecule has 0 spiro atoms. The summed E-state index contributed by atoms with van der Waals surface area (Å²) < 4.78 is 101. The molecule has 4 unspecified atom stereocenters. The van der Waals surface area contributed by atoms with Gasteiger partial charge >= 0.3 is 12.8 Å². The third-order valence-electron chi connectivity index (χ3n) is 7.69. The molecule has 218 valence electrons. The van der Waals surface area contributed by atoms with Gasteiger partial charge in [-0.3, -0.25) is 4.90 Å². The van der Waals surface area contributed by atoms with Gasteiger partial charge in [0.15, 0.2) is 5.25 Å². The Bertz CT molecular complexity index is 1230. The number of benzene rings is 2. The molecule has 2 aromatic carbocycles. The maximum absolute atomic E-state index is 14.3. The van der Waals surface area contributed by atoms with Crippen molar-refractivity contribution >= 4 is 22.7 Å². The fraction of sp³-hybridized carbons (Fsp3) is 0.500. The average Bonchev–Trinajstić information content (AvgIpc) is 2.91. The summed E-state index contributed by atoms with van der Waals surface area (Å²) in [6.07, 6.45) is -0.733. The Labute approximate surface area is 232 Å². The summed E-state index contributed by atoms with van der Waals surface area (Å²) in [6, 6.07) is 8.60. The fourth-order valence-electron chi connectivity index (χ4n) is 5.85. The number of anilines is 2. The van der Waals surface area contributed by atoms with Gasteiger partial charge in [0.05, 0.1) is 35.6 Å². The van der Waals surface area contributed by atoms with Crippen molar-refractivity contribution in [2.45, 2.75) is 50.3 Å². The van der Waals surface area contributed by atoms with Crippen LogP contribution in [0, 0.1) is 11.7 Å². The Hall–Kier alpha value is -2.57. The number of piperazine rings is 1. The fourth-order valence-corrected chi connectivity index (χ4v) is 7.48. The predicted molar refractivity (Wildman–Crippen MR) is 144 cm³/mol. The largest absolute Gasteiger partial charge is 0.592 e. The lowest BCUT2D eigenvalue weighted by atomic mass is 9.94. The summed E-state index contributed by atoms with van der Waals surface area (Å²) in [7, 11) is 0. The summed E-state index contributed by atoms with van der Waals surface area (Å²) in [5, 5.41) is -0.820. The summed E-state index contributed by atoms with van der Waals surface area (Å²) in [5.41, 5.74) is 2.11. The van der Waals surface area contributed by atoms with E-state index in [1.165, 1.54) is 18.2 Å². The highest BCUT2D eigenvalue weighted by Gasteiger charge is 2.47. The van der Waals surface area contributed by atoms with E-state index in [4.69, 9.17) is 0 Å². The van der Waals surface area contributed by atoms with Gasteiger partial charge in [-0.1, -0.05) is 19.1 Å². The summed E-state index contributed by atoms with van der Waals surface area (Å²) >= 11 is -1.82. The van der Waals surface area contributed by atoms with E-state index in [-0.39, 0.29) is 30.2 Å². The van der Waals surface area contributed by atoms with Crippen LogP contribution >= 0.6 is 0 Å². The minimum absolute atomic E-state index is 0.0196. The number of halogens is 6. The number of alkyl halides is 5. The highest BCUT2D eigenvalue weighted by atomic mass is 32.2. The van der Waals surface area contributed by atoms with Crippen molar-refractivity contribution < 1.29 is 35.6 Å². The van der Waals surface area contributed by atoms with Gasteiger partial charge in [0.2, 0.25) is 0 Å². The maximum Gasteiger partial charge on any atom is 0.392 e. The van der Waals surface area contributed by atoms with E-state index in [0.29, 0.717) is 17.8 Å². The van der Waals surface area contributed by atoms with E-state index < -0.39 is 41.1 Å². The molecule has 2 heterocycles. The lowest BCUT2D eigenvalue weighted by Crippen LogP contribution is -2.61. The Morgan fingerprint density at radius 2 is 1.85 bits per heavy atom. The van der Waals surface area contributed by atoms with E-state index in [1.807, 2.05) is 6.07 Å². The summed E-state index contributed by atoms with van der Waals surface area (Å²) in [4.78, 5) is 4.56. The first-order chi connectivity index (χ1) is 19.0. The lowest BCUT2D eigenvalue weighted by Gasteiger charge is -2.49. The Kier molecular flexibility index (Phi) is 8.49. The van der Waals surface area contributed by atoms with Crippen molar-refractivity contribution in [1.82, 2.24) is 4.90 Å². The van der Waals surface area contributed by atoms with Gasteiger partial charge in [0.25, 0.3) is 0 Å². The molecule has 0 aromatic heterocycles. The molecule has 0 bridgehead atoms. The van der Waals surface area contributed by atoms with Gasteiger partial charge in [-0.2, -0.15) is 26.3 Å². The summed E-state index contributed by atoms with van der Waals surface area (Å²) in [6.45, 7) is 2.53. The average molecular weight is 588 g/mol. The van der Waals surface area contributed by atoms with Crippen LogP contribution in [0.5, 0.6) is 5.75 Å². The van der Waals surface area contributed by atoms with Crippen LogP contribution in [0.1, 0.15) is 26.2 Å². The minimum Gasteiger partial charge on any atom is -0.592 e. The Morgan fingerprint density at radius 1 is 1.05 bits per heavy atom. The van der Waals surface area contributed by atoms with Crippen LogP contribution in [0.4, 0.5) is 37.7 Å². The third-order valence-corrected chi connectivity index (χ3v) is 9.34. The molecule has 5 nitrogen and oxygen atoms in total. The molecule has 1 aliphatic carbocycles. The van der Waals surface area contributed by atoms with Gasteiger partial charge in [-0.15, -0.1) is 0 Å². The second-order valence-electron chi connectivity index (χ2n) is 10.4. The number of ether oxygens (including phenoxy) is 1. The van der Waals surface area contributed by atoms with Crippen LogP contribution < -0.4 is 13.9 Å². The molecule has 0 saturated carbocycles. The SMILES string of the molecule is CCCN1CCN2c3ccc(-c4cc(F)cc(OC(F)F)c4)cc3N([S+]([O-])C3C=CCC(C(F)(F)F)C3)CC2C1. The number of nitrogens with zero attached hydrogens (tertiary/aromatic N) is 3. The van der Waals surface area contributed by atoms with Crippen molar-refractivity contribution in [3.05, 3.63) is 54.4 Å². The van der Waals surface area contributed by atoms with E-state index in [0.717, 1.165) is 44.4 Å². The number of allylic oxidation sites excluding steroid dienone is 1. The zero-order valence-electron chi connectivity index (χ0n) is 21.9. The molecule has 0 radical (unpaired) electrons. The second-order valence-corrected chi connectivity index (χ2v) is 12.0. The third kappa shape index (κ3) is 6.18. The minimum atomic E-state index is -4.38. The van der Waals surface area contributed by atoms with Crippen LogP contribution in [-0.4, -0.2) is 66.3 Å². The van der Waals surface area contributed by atoms with Gasteiger partial charge in [-0.25, -0.2) is 4.39 Å². The first-order valence-corrected chi connectivity index (χ1v) is 14.5.